The Morgan fingerprint density at radius 3 is 2.61 bits per heavy atom. The monoisotopic (exact) mass is 505 g/mol. The van der Waals surface area contributed by atoms with Crippen LogP contribution >= 0.6 is 24.0 Å². The lowest BCUT2D eigenvalue weighted by atomic mass is 10.2. The summed E-state index contributed by atoms with van der Waals surface area (Å²) in [6, 6.07) is 6.07. The van der Waals surface area contributed by atoms with Crippen LogP contribution in [0.15, 0.2) is 23.2 Å². The molecule has 0 atom stereocenters. The molecule has 7 heteroatoms. The molecular weight excluding hydrogens is 469 g/mol. The number of ether oxygens (including phenoxy) is 3. The normalized spacial score (nSPS) is 14.5. The predicted octanol–water partition coefficient (Wildman–Crippen LogP) is 4.12. The average molecular weight is 505 g/mol. The number of aliphatic imine (C=N–C) groups is 1. The van der Waals surface area contributed by atoms with E-state index >= 15 is 0 Å². The average Bonchev–Trinajstić information content (AvgIpc) is 3.19. The first kappa shape index (κ1) is 24.8. The lowest BCUT2D eigenvalue weighted by Gasteiger charge is -2.17. The number of guanidine groups is 1. The van der Waals surface area contributed by atoms with Crippen molar-refractivity contribution < 1.29 is 14.2 Å². The molecule has 1 fully saturated rings. The third kappa shape index (κ3) is 8.86. The van der Waals surface area contributed by atoms with Crippen molar-refractivity contribution in [3.8, 4) is 11.5 Å². The van der Waals surface area contributed by atoms with Gasteiger partial charge in [0.15, 0.2) is 17.5 Å². The number of hydrogen-bond donors (Lipinski definition) is 2. The molecule has 1 aliphatic rings. The highest BCUT2D eigenvalue weighted by molar-refractivity contribution is 14.0. The molecule has 1 aliphatic carbocycles. The van der Waals surface area contributed by atoms with Crippen LogP contribution < -0.4 is 20.1 Å². The van der Waals surface area contributed by atoms with Crippen molar-refractivity contribution in [3.05, 3.63) is 23.8 Å². The second-order valence-corrected chi connectivity index (χ2v) is 6.68. The number of methoxy groups -OCH3 is 1. The summed E-state index contributed by atoms with van der Waals surface area (Å²) in [4.78, 5) is 4.69. The molecule has 1 aromatic rings. The zero-order chi connectivity index (χ0) is 19.3. The van der Waals surface area contributed by atoms with Crippen molar-refractivity contribution in [1.29, 1.82) is 0 Å². The van der Waals surface area contributed by atoms with Crippen molar-refractivity contribution >= 4 is 29.9 Å². The smallest absolute Gasteiger partial charge is 0.191 e. The van der Waals surface area contributed by atoms with E-state index in [1.54, 1.807) is 7.11 Å². The number of rotatable bonds is 11. The Morgan fingerprint density at radius 2 is 1.93 bits per heavy atom. The molecule has 0 spiro atoms. The van der Waals surface area contributed by atoms with Crippen LogP contribution in [0.3, 0.4) is 0 Å². The van der Waals surface area contributed by atoms with E-state index < -0.39 is 0 Å². The fourth-order valence-electron chi connectivity index (χ4n) is 3.13. The molecule has 0 saturated heterocycles. The minimum Gasteiger partial charge on any atom is -0.493 e. The van der Waals surface area contributed by atoms with Crippen molar-refractivity contribution in [2.75, 3.05) is 33.4 Å². The highest BCUT2D eigenvalue weighted by Gasteiger charge is 2.18. The SMILES string of the molecule is CCNC(=NCc1ccc(OC)c(OC2CCCC2)c1)NCCCOCC.I. The topological polar surface area (TPSA) is 64.1 Å². The van der Waals surface area contributed by atoms with Crippen molar-refractivity contribution in [3.63, 3.8) is 0 Å². The molecule has 160 valence electrons. The maximum atomic E-state index is 6.18. The highest BCUT2D eigenvalue weighted by atomic mass is 127. The van der Waals surface area contributed by atoms with E-state index in [-0.39, 0.29) is 24.0 Å². The van der Waals surface area contributed by atoms with Gasteiger partial charge in [-0.05, 0) is 63.6 Å². The van der Waals surface area contributed by atoms with Gasteiger partial charge in [-0.2, -0.15) is 0 Å². The van der Waals surface area contributed by atoms with E-state index in [0.29, 0.717) is 12.6 Å². The quantitative estimate of drug-likeness (QED) is 0.205. The van der Waals surface area contributed by atoms with E-state index in [0.717, 1.165) is 68.6 Å². The Labute approximate surface area is 186 Å². The summed E-state index contributed by atoms with van der Waals surface area (Å²) in [6.45, 7) is 7.86. The van der Waals surface area contributed by atoms with Crippen LogP contribution in [0.1, 0.15) is 51.5 Å². The molecule has 1 saturated carbocycles. The van der Waals surface area contributed by atoms with Crippen LogP contribution in [0, 0.1) is 0 Å². The van der Waals surface area contributed by atoms with Crippen LogP contribution in [0.4, 0.5) is 0 Å². The number of halogens is 1. The number of nitrogens with zero attached hydrogens (tertiary/aromatic N) is 1. The molecule has 0 unspecified atom stereocenters. The first-order chi connectivity index (χ1) is 13.3. The molecule has 1 aromatic carbocycles. The molecule has 0 bridgehead atoms. The fourth-order valence-corrected chi connectivity index (χ4v) is 3.13. The Morgan fingerprint density at radius 1 is 1.14 bits per heavy atom. The molecule has 2 rings (SSSR count). The van der Waals surface area contributed by atoms with Gasteiger partial charge in [0.05, 0.1) is 19.8 Å². The lowest BCUT2D eigenvalue weighted by molar-refractivity contribution is 0.145. The van der Waals surface area contributed by atoms with Gasteiger partial charge in [0.2, 0.25) is 0 Å². The number of benzene rings is 1. The van der Waals surface area contributed by atoms with Gasteiger partial charge in [0, 0.05) is 26.3 Å². The van der Waals surface area contributed by atoms with E-state index in [4.69, 9.17) is 14.2 Å². The third-order valence-electron chi connectivity index (χ3n) is 4.55. The van der Waals surface area contributed by atoms with Crippen molar-refractivity contribution in [1.82, 2.24) is 10.6 Å². The summed E-state index contributed by atoms with van der Waals surface area (Å²) in [7, 11) is 1.68. The first-order valence-electron chi connectivity index (χ1n) is 10.2. The van der Waals surface area contributed by atoms with Crippen LogP contribution in [0.2, 0.25) is 0 Å². The molecule has 0 amide bonds. The first-order valence-corrected chi connectivity index (χ1v) is 10.2. The van der Waals surface area contributed by atoms with Crippen LogP contribution in [0.25, 0.3) is 0 Å². The Bertz CT molecular complexity index is 578. The third-order valence-corrected chi connectivity index (χ3v) is 4.55. The number of hydrogen-bond acceptors (Lipinski definition) is 4. The van der Waals surface area contributed by atoms with Gasteiger partial charge in [-0.1, -0.05) is 6.07 Å². The standard InChI is InChI=1S/C21H35N3O3.HI/c1-4-22-21(23-13-8-14-26-5-2)24-16-17-11-12-19(25-3)20(15-17)27-18-9-6-7-10-18;/h11-12,15,18H,4-10,13-14,16H2,1-3H3,(H2,22,23,24);1H. The zero-order valence-corrected chi connectivity index (χ0v) is 19.8. The minimum atomic E-state index is 0. The minimum absolute atomic E-state index is 0. The molecule has 2 N–H and O–H groups in total. The summed E-state index contributed by atoms with van der Waals surface area (Å²) in [6.07, 6.45) is 6.02. The summed E-state index contributed by atoms with van der Waals surface area (Å²) < 4.78 is 17.0. The molecule has 0 heterocycles. The predicted molar refractivity (Wildman–Crippen MR) is 125 cm³/mol. The largest absolute Gasteiger partial charge is 0.493 e. The lowest BCUT2D eigenvalue weighted by Crippen LogP contribution is -2.38. The molecular formula is C21H36IN3O3. The van der Waals surface area contributed by atoms with Gasteiger partial charge in [-0.3, -0.25) is 0 Å². The molecule has 0 aliphatic heterocycles. The summed E-state index contributed by atoms with van der Waals surface area (Å²) in [5, 5.41) is 6.63. The fraction of sp³-hybridized carbons (Fsp3) is 0.667. The van der Waals surface area contributed by atoms with Crippen LogP contribution in [-0.2, 0) is 11.3 Å². The molecule has 28 heavy (non-hydrogen) atoms. The molecule has 0 radical (unpaired) electrons. The van der Waals surface area contributed by atoms with Gasteiger partial charge < -0.3 is 24.8 Å². The van der Waals surface area contributed by atoms with E-state index in [9.17, 15) is 0 Å². The Hall–Kier alpha value is -1.22. The molecule has 6 nitrogen and oxygen atoms in total. The van der Waals surface area contributed by atoms with Gasteiger partial charge in [-0.25, -0.2) is 4.99 Å². The maximum Gasteiger partial charge on any atom is 0.191 e. The Balaban J connectivity index is 0.00000392. The van der Waals surface area contributed by atoms with E-state index in [2.05, 4.69) is 28.6 Å². The van der Waals surface area contributed by atoms with Gasteiger partial charge in [-0.15, -0.1) is 24.0 Å². The molecule has 0 aromatic heterocycles. The summed E-state index contributed by atoms with van der Waals surface area (Å²) in [5.74, 6) is 2.44. The van der Waals surface area contributed by atoms with E-state index in [1.807, 2.05) is 19.1 Å². The van der Waals surface area contributed by atoms with E-state index in [1.165, 1.54) is 12.8 Å². The van der Waals surface area contributed by atoms with Crippen LogP contribution in [-0.4, -0.2) is 45.5 Å². The Kier molecular flexibility index (Phi) is 13.1. The summed E-state index contributed by atoms with van der Waals surface area (Å²) in [5.41, 5.74) is 1.11. The number of nitrogens with one attached hydrogen (secondary N) is 2. The van der Waals surface area contributed by atoms with Gasteiger partial charge in [0.1, 0.15) is 0 Å². The zero-order valence-electron chi connectivity index (χ0n) is 17.5. The van der Waals surface area contributed by atoms with Crippen LogP contribution in [0.5, 0.6) is 11.5 Å². The van der Waals surface area contributed by atoms with Crippen molar-refractivity contribution in [2.24, 2.45) is 4.99 Å². The second kappa shape index (κ2) is 14.7. The highest BCUT2D eigenvalue weighted by Crippen LogP contribution is 2.32. The van der Waals surface area contributed by atoms with Gasteiger partial charge >= 0.3 is 0 Å². The van der Waals surface area contributed by atoms with Gasteiger partial charge in [0.25, 0.3) is 0 Å². The van der Waals surface area contributed by atoms with Crippen molar-refractivity contribution in [2.45, 2.75) is 58.6 Å². The maximum absolute atomic E-state index is 6.18. The summed E-state index contributed by atoms with van der Waals surface area (Å²) >= 11 is 0. The second-order valence-electron chi connectivity index (χ2n) is 6.68.